The average molecular weight is 355 g/mol. The number of carbonyl (C=O) groups is 1. The van der Waals surface area contributed by atoms with Crippen molar-refractivity contribution < 1.29 is 10.9 Å². The van der Waals surface area contributed by atoms with Gasteiger partial charge in [0.1, 0.15) is 6.54 Å². The van der Waals surface area contributed by atoms with E-state index in [9.17, 15) is 4.79 Å². The molecule has 0 radical (unpaired) electrons. The Morgan fingerprint density at radius 2 is 2.00 bits per heavy atom. The Bertz CT molecular complexity index is 651. The molecule has 1 aromatic heterocycles. The lowest BCUT2D eigenvalue weighted by Crippen LogP contribution is -2.42. The van der Waals surface area contributed by atoms with E-state index in [4.69, 9.17) is 6.11 Å². The summed E-state index contributed by atoms with van der Waals surface area (Å²) in [6.07, 6.45) is 0. The lowest BCUT2D eigenvalue weighted by molar-refractivity contribution is -0.135. The lowest BCUT2D eigenvalue weighted by Gasteiger charge is -2.27. The average Bonchev–Trinajstić information content (AvgIpc) is 2.83. The summed E-state index contributed by atoms with van der Waals surface area (Å²) in [7, 11) is 0. The molecule has 1 aromatic carbocycles. The topological polar surface area (TPSA) is 34.5 Å². The van der Waals surface area contributed by atoms with Crippen LogP contribution in [0.15, 0.2) is 34.9 Å². The Kier molecular flexibility index (Phi) is 5.29. The standard InChI is InChI=1S/C14H15BrN2O2.C2H6/c15-13-9-11-3-1-2-4-12(11)17(13)10-14(18)16-5-7-19-8-6-16;1-2/h1-4,9H,5-8,10H2;1-2H3/i9T;. The maximum absolute atomic E-state index is 12.3. The van der Waals surface area contributed by atoms with Crippen LogP contribution in [-0.2, 0) is 16.1 Å². The minimum atomic E-state index is 0.0646. The van der Waals surface area contributed by atoms with E-state index in [1.807, 2.05) is 47.6 Å². The van der Waals surface area contributed by atoms with Crippen LogP contribution in [0, 0.1) is 0 Å². The third-order valence-electron chi connectivity index (χ3n) is 3.33. The van der Waals surface area contributed by atoms with Gasteiger partial charge in [0.05, 0.1) is 19.2 Å². The molecule has 0 saturated carbocycles. The molecule has 21 heavy (non-hydrogen) atoms. The van der Waals surface area contributed by atoms with Gasteiger partial charge in [0.25, 0.3) is 0 Å². The van der Waals surface area contributed by atoms with Crippen LogP contribution < -0.4 is 0 Å². The molecule has 1 fully saturated rings. The molecule has 2 aromatic rings. The van der Waals surface area contributed by atoms with E-state index in [-0.39, 0.29) is 12.5 Å². The monoisotopic (exact) mass is 354 g/mol. The van der Waals surface area contributed by atoms with E-state index in [1.54, 1.807) is 0 Å². The molecule has 0 bridgehead atoms. The van der Waals surface area contributed by atoms with Crippen molar-refractivity contribution in [3.8, 4) is 0 Å². The summed E-state index contributed by atoms with van der Waals surface area (Å²) in [5.74, 6) is 0.0646. The van der Waals surface area contributed by atoms with Crippen molar-refractivity contribution in [2.75, 3.05) is 26.3 Å². The van der Waals surface area contributed by atoms with Gasteiger partial charge in [0.2, 0.25) is 5.91 Å². The fourth-order valence-corrected chi connectivity index (χ4v) is 2.83. The Balaban J connectivity index is 0.000000847. The van der Waals surface area contributed by atoms with E-state index in [1.165, 1.54) is 0 Å². The summed E-state index contributed by atoms with van der Waals surface area (Å²) in [4.78, 5) is 14.2. The lowest BCUT2D eigenvalue weighted by atomic mass is 10.2. The van der Waals surface area contributed by atoms with Crippen molar-refractivity contribution in [2.24, 2.45) is 0 Å². The van der Waals surface area contributed by atoms with Crippen LogP contribution in [0.3, 0.4) is 0 Å². The fourth-order valence-electron chi connectivity index (χ4n) is 2.30. The van der Waals surface area contributed by atoms with Crippen LogP contribution in [0.4, 0.5) is 0 Å². The first-order chi connectivity index (χ1) is 10.7. The molecule has 1 aliphatic heterocycles. The quantitative estimate of drug-likeness (QED) is 0.829. The molecule has 0 atom stereocenters. The predicted octanol–water partition coefficient (Wildman–Crippen LogP) is 3.29. The first kappa shape index (κ1) is 14.6. The van der Waals surface area contributed by atoms with Crippen molar-refractivity contribution in [2.45, 2.75) is 20.4 Å². The van der Waals surface area contributed by atoms with Crippen LogP contribution in [0.1, 0.15) is 15.2 Å². The SMILES string of the molecule is CC.[3H]c1c(Br)n(CC(=O)N2CCOCC2)c2ccccc12. The number of benzene rings is 1. The molecule has 1 aliphatic rings. The highest BCUT2D eigenvalue weighted by Crippen LogP contribution is 2.24. The fraction of sp³-hybridized carbons (Fsp3) is 0.438. The molecule has 3 rings (SSSR count). The summed E-state index contributed by atoms with van der Waals surface area (Å²) in [5, 5.41) is 0.856. The predicted molar refractivity (Wildman–Crippen MR) is 88.4 cm³/mol. The van der Waals surface area contributed by atoms with E-state index in [0.29, 0.717) is 36.9 Å². The van der Waals surface area contributed by atoms with Gasteiger partial charge >= 0.3 is 0 Å². The minimum absolute atomic E-state index is 0.0646. The zero-order valence-electron chi connectivity index (χ0n) is 13.4. The summed E-state index contributed by atoms with van der Waals surface area (Å²) in [6, 6.07) is 8.09. The van der Waals surface area contributed by atoms with Crippen LogP contribution >= 0.6 is 15.9 Å². The number of nitrogens with zero attached hydrogens (tertiary/aromatic N) is 2. The molecule has 1 amide bonds. The van der Waals surface area contributed by atoms with E-state index in [0.717, 1.165) is 10.9 Å². The van der Waals surface area contributed by atoms with Gasteiger partial charge in [-0.25, -0.2) is 0 Å². The summed E-state index contributed by atoms with van der Waals surface area (Å²) in [6.45, 7) is 6.73. The summed E-state index contributed by atoms with van der Waals surface area (Å²) < 4.78 is 15.9. The maximum Gasteiger partial charge on any atom is 0.242 e. The van der Waals surface area contributed by atoms with Gasteiger partial charge in [-0.15, -0.1) is 0 Å². The molecule has 1 saturated heterocycles. The van der Waals surface area contributed by atoms with Crippen LogP contribution in [0.5, 0.6) is 0 Å². The molecule has 0 unspecified atom stereocenters. The first-order valence-electron chi connectivity index (χ1n) is 7.77. The van der Waals surface area contributed by atoms with Crippen molar-refractivity contribution in [1.82, 2.24) is 9.47 Å². The third kappa shape index (κ3) is 3.66. The molecule has 2 heterocycles. The van der Waals surface area contributed by atoms with Crippen molar-refractivity contribution >= 4 is 32.7 Å². The molecular formula is C16H21BrN2O2. The van der Waals surface area contributed by atoms with Gasteiger partial charge in [0.15, 0.2) is 0 Å². The Morgan fingerprint density at radius 3 is 2.71 bits per heavy atom. The zero-order chi connectivity index (χ0) is 16.1. The van der Waals surface area contributed by atoms with E-state index >= 15 is 0 Å². The van der Waals surface area contributed by atoms with Gasteiger partial charge < -0.3 is 14.2 Å². The van der Waals surface area contributed by atoms with E-state index < -0.39 is 0 Å². The largest absolute Gasteiger partial charge is 0.378 e. The number of hydrogen-bond acceptors (Lipinski definition) is 2. The smallest absolute Gasteiger partial charge is 0.242 e. The normalized spacial score (nSPS) is 15.4. The van der Waals surface area contributed by atoms with Crippen molar-refractivity contribution in [3.63, 3.8) is 0 Å². The Hall–Kier alpha value is -1.33. The molecule has 0 aliphatic carbocycles. The number of morpholine rings is 1. The Morgan fingerprint density at radius 1 is 1.33 bits per heavy atom. The van der Waals surface area contributed by atoms with Gasteiger partial charge in [-0.05, 0) is 28.0 Å². The highest BCUT2D eigenvalue weighted by atomic mass is 79.9. The van der Waals surface area contributed by atoms with Gasteiger partial charge in [0, 0.05) is 24.0 Å². The van der Waals surface area contributed by atoms with Crippen LogP contribution in [0.2, 0.25) is 0 Å². The molecule has 0 N–H and O–H groups in total. The van der Waals surface area contributed by atoms with Crippen LogP contribution in [-0.4, -0.2) is 41.7 Å². The highest BCUT2D eigenvalue weighted by Gasteiger charge is 2.18. The van der Waals surface area contributed by atoms with Gasteiger partial charge in [-0.2, -0.15) is 0 Å². The molecule has 114 valence electrons. The third-order valence-corrected chi connectivity index (χ3v) is 3.95. The zero-order valence-corrected chi connectivity index (χ0v) is 14.0. The number of amides is 1. The molecular weight excluding hydrogens is 332 g/mol. The number of ether oxygens (including phenoxy) is 1. The number of fused-ring (bicyclic) bond motifs is 1. The second-order valence-corrected chi connectivity index (χ2v) is 5.26. The molecule has 4 nitrogen and oxygen atoms in total. The van der Waals surface area contributed by atoms with E-state index in [2.05, 4.69) is 15.9 Å². The molecule has 0 spiro atoms. The van der Waals surface area contributed by atoms with Crippen LogP contribution in [0.25, 0.3) is 10.9 Å². The second kappa shape index (κ2) is 7.61. The van der Waals surface area contributed by atoms with Gasteiger partial charge in [-0.1, -0.05) is 32.0 Å². The van der Waals surface area contributed by atoms with Gasteiger partial charge in [-0.3, -0.25) is 4.79 Å². The molecule has 5 heteroatoms. The Labute approximate surface area is 135 Å². The minimum Gasteiger partial charge on any atom is -0.378 e. The number of carbonyl (C=O) groups excluding carboxylic acids is 1. The first-order valence-corrected chi connectivity index (χ1v) is 8.06. The van der Waals surface area contributed by atoms with Crippen molar-refractivity contribution in [3.05, 3.63) is 34.9 Å². The summed E-state index contributed by atoms with van der Waals surface area (Å²) >= 11 is 3.43. The number of hydrogen-bond donors (Lipinski definition) is 0. The number of halogens is 1. The number of rotatable bonds is 2. The number of para-hydroxylation sites is 1. The summed E-state index contributed by atoms with van der Waals surface area (Å²) in [5.41, 5.74) is 0.908. The highest BCUT2D eigenvalue weighted by molar-refractivity contribution is 9.10. The number of aromatic nitrogens is 1. The second-order valence-electron chi connectivity index (χ2n) is 4.51. The van der Waals surface area contributed by atoms with Crippen molar-refractivity contribution in [1.29, 1.82) is 0 Å². The maximum atomic E-state index is 12.3.